The van der Waals surface area contributed by atoms with E-state index in [0.717, 1.165) is 18.4 Å². The van der Waals surface area contributed by atoms with E-state index in [4.69, 9.17) is 0 Å². The van der Waals surface area contributed by atoms with Crippen LogP contribution in [0.2, 0.25) is 0 Å². The van der Waals surface area contributed by atoms with Crippen molar-refractivity contribution >= 4 is 5.91 Å². The quantitative estimate of drug-likeness (QED) is 0.871. The molecule has 0 unspecified atom stereocenters. The third kappa shape index (κ3) is 1.98. The van der Waals surface area contributed by atoms with Gasteiger partial charge in [-0.3, -0.25) is 4.79 Å². The molecule has 0 bridgehead atoms. The summed E-state index contributed by atoms with van der Waals surface area (Å²) in [5.74, 6) is 0.126. The molecule has 3 rings (SSSR count). The Balaban J connectivity index is 1.94. The van der Waals surface area contributed by atoms with Gasteiger partial charge in [0.05, 0.1) is 5.54 Å². The number of amides is 1. The van der Waals surface area contributed by atoms with Gasteiger partial charge in [0.15, 0.2) is 0 Å². The van der Waals surface area contributed by atoms with Crippen molar-refractivity contribution in [2.45, 2.75) is 63.8 Å². The Kier molecular flexibility index (Phi) is 2.74. The normalized spacial score (nSPS) is 19.4. The largest absolute Gasteiger partial charge is 0.342 e. The predicted octanol–water partition coefficient (Wildman–Crippen LogP) is 3.89. The van der Waals surface area contributed by atoms with Gasteiger partial charge in [-0.25, -0.2) is 0 Å². The predicted molar refractivity (Wildman–Crippen MR) is 77.4 cm³/mol. The van der Waals surface area contributed by atoms with Crippen LogP contribution in [0.4, 0.5) is 0 Å². The molecule has 1 fully saturated rings. The van der Waals surface area contributed by atoms with Crippen LogP contribution in [0.25, 0.3) is 0 Å². The van der Waals surface area contributed by atoms with Gasteiger partial charge >= 0.3 is 0 Å². The summed E-state index contributed by atoms with van der Waals surface area (Å²) in [5.41, 5.74) is 3.61. The van der Waals surface area contributed by atoms with E-state index in [2.05, 4.69) is 44.3 Å². The zero-order chi connectivity index (χ0) is 13.7. The maximum atomic E-state index is 12.1. The topological polar surface area (TPSA) is 29.1 Å². The highest BCUT2D eigenvalue weighted by Gasteiger charge is 2.52. The number of carbonyl (C=O) groups is 1. The molecule has 1 aromatic carbocycles. The Labute approximate surface area is 115 Å². The summed E-state index contributed by atoms with van der Waals surface area (Å²) in [6.07, 6.45) is 5.84. The fraction of sp³-hybridized carbons (Fsp3) is 0.588. The van der Waals surface area contributed by atoms with E-state index in [-0.39, 0.29) is 16.9 Å². The minimum Gasteiger partial charge on any atom is -0.342 e. The molecule has 102 valence electrons. The average molecular weight is 257 g/mol. The van der Waals surface area contributed by atoms with Gasteiger partial charge in [-0.1, -0.05) is 45.7 Å². The molecular weight excluding hydrogens is 234 g/mol. The van der Waals surface area contributed by atoms with Crippen molar-refractivity contribution in [1.29, 1.82) is 0 Å². The molecule has 1 aliphatic carbocycles. The number of hydrogen-bond acceptors (Lipinski definition) is 1. The Morgan fingerprint density at radius 2 is 2.05 bits per heavy atom. The highest BCUT2D eigenvalue weighted by atomic mass is 16.2. The van der Waals surface area contributed by atoms with Crippen LogP contribution in [0, 0.1) is 0 Å². The van der Waals surface area contributed by atoms with Gasteiger partial charge in [0.2, 0.25) is 0 Å². The lowest BCUT2D eigenvalue weighted by molar-refractivity contribution is 0.0952. The Bertz CT molecular complexity index is 526. The van der Waals surface area contributed by atoms with Crippen molar-refractivity contribution in [2.75, 3.05) is 0 Å². The van der Waals surface area contributed by atoms with Crippen LogP contribution in [-0.2, 0) is 11.0 Å². The second-order valence-corrected chi connectivity index (χ2v) is 6.78. The molecule has 0 saturated heterocycles. The van der Waals surface area contributed by atoms with Crippen LogP contribution in [0.1, 0.15) is 74.4 Å². The van der Waals surface area contributed by atoms with E-state index in [0.29, 0.717) is 0 Å². The van der Waals surface area contributed by atoms with Crippen LogP contribution in [0.5, 0.6) is 0 Å². The first-order chi connectivity index (χ1) is 8.98. The van der Waals surface area contributed by atoms with E-state index < -0.39 is 0 Å². The van der Waals surface area contributed by atoms with Gasteiger partial charge in [-0.15, -0.1) is 0 Å². The van der Waals surface area contributed by atoms with E-state index >= 15 is 0 Å². The van der Waals surface area contributed by atoms with E-state index in [9.17, 15) is 4.79 Å². The second kappa shape index (κ2) is 4.09. The van der Waals surface area contributed by atoms with Crippen molar-refractivity contribution in [1.82, 2.24) is 5.32 Å². The molecule has 1 spiro atoms. The lowest BCUT2D eigenvalue weighted by Gasteiger charge is -2.25. The maximum Gasteiger partial charge on any atom is 0.252 e. The fourth-order valence-corrected chi connectivity index (χ4v) is 3.20. The van der Waals surface area contributed by atoms with Gasteiger partial charge in [0, 0.05) is 5.56 Å². The second-order valence-electron chi connectivity index (χ2n) is 6.78. The molecule has 1 aliphatic heterocycles. The van der Waals surface area contributed by atoms with Gasteiger partial charge in [-0.05, 0) is 41.9 Å². The third-order valence-corrected chi connectivity index (χ3v) is 4.82. The lowest BCUT2D eigenvalue weighted by atomic mass is 9.79. The van der Waals surface area contributed by atoms with Crippen molar-refractivity contribution in [3.8, 4) is 0 Å². The molecule has 0 radical (unpaired) electrons. The highest BCUT2D eigenvalue weighted by molar-refractivity contribution is 6.00. The van der Waals surface area contributed by atoms with E-state index in [1.54, 1.807) is 0 Å². The maximum absolute atomic E-state index is 12.1. The number of benzene rings is 1. The van der Waals surface area contributed by atoms with Crippen LogP contribution >= 0.6 is 0 Å². The minimum atomic E-state index is 0.0124. The van der Waals surface area contributed by atoms with Gasteiger partial charge in [0.25, 0.3) is 5.91 Å². The summed E-state index contributed by atoms with van der Waals surface area (Å²) >= 11 is 0. The van der Waals surface area contributed by atoms with Crippen LogP contribution < -0.4 is 5.32 Å². The lowest BCUT2D eigenvalue weighted by Crippen LogP contribution is -2.25. The standard InChI is InChI=1S/C17H23NO/c1-4-5-8-16(2,3)12-6-7-14-13(11-12)15(19)18-17(14)9-10-17/h6-7,11H,4-5,8-10H2,1-3H3,(H,18,19). The van der Waals surface area contributed by atoms with E-state index in [1.165, 1.54) is 30.4 Å². The third-order valence-electron chi connectivity index (χ3n) is 4.82. The first-order valence-electron chi connectivity index (χ1n) is 7.46. The van der Waals surface area contributed by atoms with Crippen LogP contribution in [0.15, 0.2) is 18.2 Å². The van der Waals surface area contributed by atoms with Gasteiger partial charge < -0.3 is 5.32 Å². The molecule has 0 atom stereocenters. The SMILES string of the molecule is CCCCC(C)(C)c1ccc2c(c1)C(=O)NC21CC1. The summed E-state index contributed by atoms with van der Waals surface area (Å²) in [5, 5.41) is 3.15. The molecule has 1 heterocycles. The van der Waals surface area contributed by atoms with Gasteiger partial charge in [-0.2, -0.15) is 0 Å². The summed E-state index contributed by atoms with van der Waals surface area (Å²) < 4.78 is 0. The Hall–Kier alpha value is -1.31. The average Bonchev–Trinajstić information content (AvgIpc) is 3.10. The number of fused-ring (bicyclic) bond motifs is 2. The molecule has 2 aliphatic rings. The highest BCUT2D eigenvalue weighted by Crippen LogP contribution is 2.50. The molecule has 2 nitrogen and oxygen atoms in total. The zero-order valence-electron chi connectivity index (χ0n) is 12.2. The summed E-state index contributed by atoms with van der Waals surface area (Å²) in [6, 6.07) is 6.55. The molecule has 1 amide bonds. The number of carbonyl (C=O) groups excluding carboxylic acids is 1. The number of unbranched alkanes of at least 4 members (excludes halogenated alkanes) is 1. The number of rotatable bonds is 4. The first kappa shape index (κ1) is 12.7. The molecule has 1 saturated carbocycles. The Morgan fingerprint density at radius 3 is 2.68 bits per heavy atom. The summed E-state index contributed by atoms with van der Waals surface area (Å²) in [6.45, 7) is 6.79. The molecule has 19 heavy (non-hydrogen) atoms. The summed E-state index contributed by atoms with van der Waals surface area (Å²) in [4.78, 5) is 12.1. The molecule has 0 aromatic heterocycles. The smallest absolute Gasteiger partial charge is 0.252 e. The zero-order valence-corrected chi connectivity index (χ0v) is 12.2. The van der Waals surface area contributed by atoms with Crippen LogP contribution in [0.3, 0.4) is 0 Å². The van der Waals surface area contributed by atoms with Gasteiger partial charge in [0.1, 0.15) is 0 Å². The number of nitrogens with one attached hydrogen (secondary N) is 1. The van der Waals surface area contributed by atoms with Crippen molar-refractivity contribution < 1.29 is 4.79 Å². The minimum absolute atomic E-state index is 0.0124. The number of hydrogen-bond donors (Lipinski definition) is 1. The van der Waals surface area contributed by atoms with Crippen molar-refractivity contribution in [3.63, 3.8) is 0 Å². The first-order valence-corrected chi connectivity index (χ1v) is 7.46. The van der Waals surface area contributed by atoms with E-state index in [1.807, 2.05) is 0 Å². The van der Waals surface area contributed by atoms with Crippen molar-refractivity contribution in [2.24, 2.45) is 0 Å². The van der Waals surface area contributed by atoms with Crippen molar-refractivity contribution in [3.05, 3.63) is 34.9 Å². The molecule has 2 heteroatoms. The monoisotopic (exact) mass is 257 g/mol. The molecule has 1 N–H and O–H groups in total. The molecule has 1 aromatic rings. The fourth-order valence-electron chi connectivity index (χ4n) is 3.20. The van der Waals surface area contributed by atoms with Crippen LogP contribution in [-0.4, -0.2) is 5.91 Å². The molecular formula is C17H23NO. The summed E-state index contributed by atoms with van der Waals surface area (Å²) in [7, 11) is 0. The Morgan fingerprint density at radius 1 is 1.32 bits per heavy atom.